The maximum absolute atomic E-state index is 15.6. The summed E-state index contributed by atoms with van der Waals surface area (Å²) in [6.45, 7) is 0. The van der Waals surface area contributed by atoms with E-state index < -0.39 is 0 Å². The van der Waals surface area contributed by atoms with Crippen molar-refractivity contribution in [3.05, 3.63) is 272 Å². The van der Waals surface area contributed by atoms with E-state index in [1.165, 1.54) is 0 Å². The van der Waals surface area contributed by atoms with Crippen molar-refractivity contribution in [2.24, 2.45) is 0 Å². The molecule has 4 heterocycles. The van der Waals surface area contributed by atoms with Crippen molar-refractivity contribution in [3.8, 4) is 46.0 Å². The Kier molecular flexibility index (Phi) is 9.32. The first kappa shape index (κ1) is 46.2. The van der Waals surface area contributed by atoms with Gasteiger partial charge in [0.05, 0.1) is 32.8 Å². The Labute approximate surface area is 472 Å². The molecule has 0 aliphatic heterocycles. The Hall–Kier alpha value is -11.6. The summed E-state index contributed by atoms with van der Waals surface area (Å²) in [5, 5.41) is 13.7. The van der Waals surface area contributed by atoms with Crippen LogP contribution in [0.2, 0.25) is 0 Å². The van der Waals surface area contributed by atoms with Gasteiger partial charge in [0.25, 0.3) is 11.1 Å². The van der Waals surface area contributed by atoms with Crippen LogP contribution in [0, 0.1) is 0 Å². The molecule has 0 spiro atoms. The smallest absolute Gasteiger partial charge is 0.263 e. The molecule has 0 radical (unpaired) electrons. The number of aromatic nitrogens is 2. The SMILES string of the molecule is O=c1cc2c3cc(Oc4ccccc4)c4c5ccc6c7c(Oc8ccccc8)cc8c(=O)n9c%10ccccc%10c(=O)cc9c9cc(Oc%10ccccc%10)c(c%10ccc(c%11c(Oc%12ccccc%12)cc(c(=O)n2c2ccccc12)c3c%114)c5c6%10)c7c89. The van der Waals surface area contributed by atoms with E-state index in [0.717, 1.165) is 64.6 Å². The molecule has 10 heteroatoms. The van der Waals surface area contributed by atoms with Gasteiger partial charge in [0.2, 0.25) is 0 Å². The van der Waals surface area contributed by atoms with E-state index in [1.54, 1.807) is 45.2 Å². The third kappa shape index (κ3) is 6.27. The van der Waals surface area contributed by atoms with Crippen LogP contribution in [0.25, 0.3) is 130 Å². The standard InChI is InChI=1S/C74H38N2O8/c77-57-37-55-49-33-59(81-39-17-5-1-6-18-39)67-45-29-31-48-64-46(30-32-47(63(45)64)69-61(83-41-21-9-3-10-22-41)35-51(65(49)71(67)69)73(79)75(55)53-27-15-13-25-43(53)57)68-60(82-40-19-7-2-8-20-40)34-50-56-38-58(78)44-26-14-16-28-54(44)76(56)74(80)52-36-62(70(48)72(68)66(50)52)84-42-23-11-4-12-24-42/h1-38H. The predicted octanol–water partition coefficient (Wildman–Crippen LogP) is 17.2. The molecule has 14 aromatic carbocycles. The van der Waals surface area contributed by atoms with Crippen molar-refractivity contribution in [2.75, 3.05) is 0 Å². The van der Waals surface area contributed by atoms with Gasteiger partial charge in [-0.05, 0) is 129 Å². The van der Waals surface area contributed by atoms with Crippen molar-refractivity contribution < 1.29 is 18.9 Å². The van der Waals surface area contributed by atoms with E-state index >= 15 is 9.59 Å². The lowest BCUT2D eigenvalue weighted by Crippen LogP contribution is -2.18. The topological polar surface area (TPSA) is 114 Å². The maximum Gasteiger partial charge on any atom is 0.263 e. The summed E-state index contributed by atoms with van der Waals surface area (Å²) in [6, 6.07) is 71.9. The van der Waals surface area contributed by atoms with E-state index in [0.29, 0.717) is 111 Å². The number of pyridine rings is 4. The molecular formula is C74H38N2O8. The highest BCUT2D eigenvalue weighted by molar-refractivity contribution is 6.47. The Morgan fingerprint density at radius 2 is 0.488 bits per heavy atom. The summed E-state index contributed by atoms with van der Waals surface area (Å²) in [6.07, 6.45) is 0. The van der Waals surface area contributed by atoms with Crippen LogP contribution in [0.1, 0.15) is 0 Å². The molecule has 10 nitrogen and oxygen atoms in total. The summed E-state index contributed by atoms with van der Waals surface area (Å²) in [5.74, 6) is 4.18. The van der Waals surface area contributed by atoms with Gasteiger partial charge < -0.3 is 18.9 Å². The molecule has 18 aromatic rings. The highest BCUT2D eigenvalue weighted by atomic mass is 16.5. The van der Waals surface area contributed by atoms with Crippen molar-refractivity contribution >= 4 is 130 Å². The van der Waals surface area contributed by atoms with Crippen LogP contribution in [0.3, 0.4) is 0 Å². The monoisotopic (exact) mass is 1080 g/mol. The second kappa shape index (κ2) is 17.0. The fourth-order valence-electron chi connectivity index (χ4n) is 13.7. The molecule has 0 aliphatic carbocycles. The minimum atomic E-state index is -0.301. The molecule has 84 heavy (non-hydrogen) atoms. The number of benzene rings is 14. The predicted molar refractivity (Wildman–Crippen MR) is 337 cm³/mol. The molecule has 0 fully saturated rings. The van der Waals surface area contributed by atoms with Crippen LogP contribution in [0.15, 0.2) is 250 Å². The molecule has 4 aromatic heterocycles. The fraction of sp³-hybridized carbons (Fsp3) is 0. The lowest BCUT2D eigenvalue weighted by atomic mass is 9.81. The van der Waals surface area contributed by atoms with Crippen molar-refractivity contribution in [3.63, 3.8) is 0 Å². The number of hydrogen-bond donors (Lipinski definition) is 0. The summed E-state index contributed by atoms with van der Waals surface area (Å²) in [7, 11) is 0. The molecule has 18 rings (SSSR count). The number of nitrogens with zero attached hydrogens (tertiary/aromatic N) is 2. The Morgan fingerprint density at radius 1 is 0.214 bits per heavy atom. The van der Waals surface area contributed by atoms with Crippen molar-refractivity contribution in [1.82, 2.24) is 8.80 Å². The Balaban J connectivity index is 1.09. The van der Waals surface area contributed by atoms with Gasteiger partial charge in [-0.15, -0.1) is 0 Å². The number of ether oxygens (including phenoxy) is 4. The van der Waals surface area contributed by atoms with Crippen molar-refractivity contribution in [2.45, 2.75) is 0 Å². The third-order valence-electron chi connectivity index (χ3n) is 17.0. The minimum absolute atomic E-state index is 0.209. The zero-order valence-electron chi connectivity index (χ0n) is 44.1. The lowest BCUT2D eigenvalue weighted by molar-refractivity contribution is 0.488. The van der Waals surface area contributed by atoms with Gasteiger partial charge in [0, 0.05) is 76.8 Å². The van der Waals surface area contributed by atoms with Crippen LogP contribution in [-0.4, -0.2) is 8.80 Å². The normalized spacial score (nSPS) is 12.2. The van der Waals surface area contributed by atoms with E-state index in [9.17, 15) is 9.59 Å². The number of fused-ring (bicyclic) bond motifs is 12. The Bertz CT molecular complexity index is 5670. The van der Waals surface area contributed by atoms with Crippen molar-refractivity contribution in [1.29, 1.82) is 0 Å². The third-order valence-corrected chi connectivity index (χ3v) is 17.0. The van der Waals surface area contributed by atoms with Gasteiger partial charge in [-0.1, -0.05) is 121 Å². The molecule has 0 unspecified atom stereocenters. The largest absolute Gasteiger partial charge is 0.457 e. The highest BCUT2D eigenvalue weighted by Crippen LogP contribution is 2.57. The van der Waals surface area contributed by atoms with E-state index in [-0.39, 0.29) is 22.0 Å². The minimum Gasteiger partial charge on any atom is -0.457 e. The molecule has 0 saturated carbocycles. The summed E-state index contributed by atoms with van der Waals surface area (Å²) < 4.78 is 31.8. The summed E-state index contributed by atoms with van der Waals surface area (Å²) >= 11 is 0. The number of rotatable bonds is 8. The zero-order chi connectivity index (χ0) is 55.6. The first-order valence-corrected chi connectivity index (χ1v) is 27.6. The first-order chi connectivity index (χ1) is 41.3. The van der Waals surface area contributed by atoms with Gasteiger partial charge in [-0.25, -0.2) is 0 Å². The Morgan fingerprint density at radius 3 is 0.810 bits per heavy atom. The molecule has 0 atom stereocenters. The van der Waals surface area contributed by atoms with Gasteiger partial charge in [0.1, 0.15) is 46.0 Å². The molecule has 0 aliphatic rings. The maximum atomic E-state index is 15.6. The van der Waals surface area contributed by atoms with Crippen LogP contribution in [0.4, 0.5) is 0 Å². The van der Waals surface area contributed by atoms with Gasteiger partial charge in [0.15, 0.2) is 10.9 Å². The van der Waals surface area contributed by atoms with Crippen LogP contribution < -0.4 is 40.9 Å². The van der Waals surface area contributed by atoms with Gasteiger partial charge >= 0.3 is 0 Å². The highest BCUT2D eigenvalue weighted by Gasteiger charge is 2.31. The second-order valence-corrected chi connectivity index (χ2v) is 21.5. The lowest BCUT2D eigenvalue weighted by Gasteiger charge is -2.25. The van der Waals surface area contributed by atoms with E-state index in [1.807, 2.05) is 170 Å². The average Bonchev–Trinajstić information content (AvgIpc) is 0.697. The first-order valence-electron chi connectivity index (χ1n) is 27.6. The summed E-state index contributed by atoms with van der Waals surface area (Å²) in [4.78, 5) is 59.5. The molecular weight excluding hydrogens is 1040 g/mol. The zero-order valence-corrected chi connectivity index (χ0v) is 44.1. The summed E-state index contributed by atoms with van der Waals surface area (Å²) in [5.41, 5.74) is 0.868. The van der Waals surface area contributed by atoms with E-state index in [4.69, 9.17) is 18.9 Å². The van der Waals surface area contributed by atoms with Gasteiger partial charge in [-0.3, -0.25) is 28.0 Å². The quantitative estimate of drug-likeness (QED) is 0.109. The van der Waals surface area contributed by atoms with Crippen LogP contribution in [0.5, 0.6) is 46.0 Å². The number of para-hydroxylation sites is 6. The second-order valence-electron chi connectivity index (χ2n) is 21.5. The molecule has 0 amide bonds. The van der Waals surface area contributed by atoms with E-state index in [2.05, 4.69) is 24.3 Å². The number of hydrogen-bond acceptors (Lipinski definition) is 8. The molecule has 0 saturated heterocycles. The average molecular weight is 1080 g/mol. The van der Waals surface area contributed by atoms with Gasteiger partial charge in [-0.2, -0.15) is 0 Å². The van der Waals surface area contributed by atoms with Crippen LogP contribution >= 0.6 is 0 Å². The molecule has 392 valence electrons. The van der Waals surface area contributed by atoms with Crippen LogP contribution in [-0.2, 0) is 0 Å². The fourth-order valence-corrected chi connectivity index (χ4v) is 13.7. The molecule has 0 N–H and O–H groups in total. The molecule has 0 bridgehead atoms.